The molecule has 3 aliphatic rings. The van der Waals surface area contributed by atoms with Crippen molar-refractivity contribution in [2.24, 2.45) is 5.41 Å². The Labute approximate surface area is 276 Å². The van der Waals surface area contributed by atoms with Crippen LogP contribution in [0.2, 0.25) is 0 Å². The molecule has 0 bridgehead atoms. The van der Waals surface area contributed by atoms with Gasteiger partial charge in [0.15, 0.2) is 12.4 Å². The zero-order chi connectivity index (χ0) is 34.0. The monoisotopic (exact) mass is 660 g/mol. The van der Waals surface area contributed by atoms with Gasteiger partial charge in [-0.1, -0.05) is 25.3 Å². The Hall–Kier alpha value is -4.65. The van der Waals surface area contributed by atoms with Gasteiger partial charge in [-0.2, -0.15) is 23.3 Å². The third kappa shape index (κ3) is 5.53. The molecule has 2 aromatic heterocycles. The number of likely N-dealkylation sites (N-methyl/N-ethyl adjacent to an activating group) is 1. The molecule has 3 saturated heterocycles. The molecule has 13 heteroatoms. The number of halogens is 3. The van der Waals surface area contributed by atoms with Crippen molar-refractivity contribution in [1.29, 1.82) is 0 Å². The molecular weight excluding hydrogens is 621 g/mol. The largest absolute Gasteiger partial charge is 0.481 e. The van der Waals surface area contributed by atoms with Gasteiger partial charge in [0.1, 0.15) is 11.3 Å². The molecular formula is C35H39F3N8O2. The first-order valence-electron chi connectivity index (χ1n) is 16.1. The molecule has 0 aliphatic carbocycles. The van der Waals surface area contributed by atoms with Crippen LogP contribution in [0.15, 0.2) is 43.6 Å². The Morgan fingerprint density at radius 2 is 1.83 bits per heavy atom. The molecule has 252 valence electrons. The molecule has 0 unspecified atom stereocenters. The molecule has 4 aromatic rings. The summed E-state index contributed by atoms with van der Waals surface area (Å²) in [5.74, 6) is 1.09. The number of nitrogens with one attached hydrogen (secondary N) is 1. The summed E-state index contributed by atoms with van der Waals surface area (Å²) in [6.45, 7) is 12.2. The van der Waals surface area contributed by atoms with Gasteiger partial charge in [0.2, 0.25) is 11.9 Å². The van der Waals surface area contributed by atoms with Crippen LogP contribution in [-0.2, 0) is 4.79 Å². The molecule has 1 spiro atoms. The normalized spacial score (nSPS) is 18.0. The minimum absolute atomic E-state index is 0.0390. The number of hydrogen-bond acceptors (Lipinski definition) is 8. The molecule has 0 saturated carbocycles. The molecule has 3 fully saturated rings. The van der Waals surface area contributed by atoms with E-state index in [0.29, 0.717) is 84.7 Å². The van der Waals surface area contributed by atoms with E-state index in [4.69, 9.17) is 14.7 Å². The Morgan fingerprint density at radius 1 is 1.10 bits per heavy atom. The molecule has 0 atom stereocenters. The van der Waals surface area contributed by atoms with Crippen LogP contribution >= 0.6 is 0 Å². The van der Waals surface area contributed by atoms with Crippen molar-refractivity contribution in [2.45, 2.75) is 32.0 Å². The lowest BCUT2D eigenvalue weighted by atomic mass is 9.72. The number of likely N-dealkylation sites (tertiary alicyclic amines) is 1. The van der Waals surface area contributed by atoms with Crippen LogP contribution in [0.4, 0.5) is 24.9 Å². The van der Waals surface area contributed by atoms with Gasteiger partial charge in [0, 0.05) is 67.1 Å². The molecule has 7 rings (SSSR count). The van der Waals surface area contributed by atoms with E-state index >= 15 is 0 Å². The zero-order valence-corrected chi connectivity index (χ0v) is 27.4. The number of piperidine rings is 1. The predicted octanol–water partition coefficient (Wildman–Crippen LogP) is 5.43. The highest BCUT2D eigenvalue weighted by atomic mass is 19.4. The predicted molar refractivity (Wildman–Crippen MR) is 181 cm³/mol. The summed E-state index contributed by atoms with van der Waals surface area (Å²) < 4.78 is 47.4. The smallest absolute Gasteiger partial charge is 0.422 e. The fraction of sp³-hybridized carbons (Fsp3) is 0.429. The second-order valence-corrected chi connectivity index (χ2v) is 13.5. The van der Waals surface area contributed by atoms with E-state index in [9.17, 15) is 18.0 Å². The van der Waals surface area contributed by atoms with Crippen molar-refractivity contribution >= 4 is 45.6 Å². The van der Waals surface area contributed by atoms with E-state index in [1.165, 1.54) is 6.08 Å². The first-order valence-corrected chi connectivity index (χ1v) is 16.1. The van der Waals surface area contributed by atoms with E-state index in [1.54, 1.807) is 12.3 Å². The quantitative estimate of drug-likeness (QED) is 0.250. The molecule has 10 nitrogen and oxygen atoms in total. The number of anilines is 2. The highest BCUT2D eigenvalue weighted by Gasteiger charge is 2.46. The summed E-state index contributed by atoms with van der Waals surface area (Å²) in [5.41, 5.74) is 3.75. The number of carbonyl (C=O) groups is 1. The zero-order valence-electron chi connectivity index (χ0n) is 27.4. The molecule has 48 heavy (non-hydrogen) atoms. The van der Waals surface area contributed by atoms with Crippen molar-refractivity contribution in [3.05, 3.63) is 54.8 Å². The Balaban J connectivity index is 1.39. The SMILES string of the molecule is C=CC(=O)N1CC2(CCN(c3nc(N4CC(N(C)C)C4)nc4c(OCC(F)(F)F)c(-c5c(C)ccc6[nH]ncc56)c(C=C)cc34)CC2)C1. The Morgan fingerprint density at radius 3 is 2.48 bits per heavy atom. The van der Waals surface area contributed by atoms with Crippen LogP contribution < -0.4 is 14.5 Å². The molecule has 3 aliphatic heterocycles. The number of rotatable bonds is 8. The number of fused-ring (bicyclic) bond motifs is 2. The summed E-state index contributed by atoms with van der Waals surface area (Å²) in [7, 11) is 4.04. The van der Waals surface area contributed by atoms with E-state index in [0.717, 1.165) is 29.3 Å². The Bertz CT molecular complexity index is 1910. The lowest BCUT2D eigenvalue weighted by Gasteiger charge is -2.54. The number of ether oxygens (including phenoxy) is 1. The molecule has 5 heterocycles. The lowest BCUT2D eigenvalue weighted by molar-refractivity contribution is -0.153. The first-order chi connectivity index (χ1) is 22.9. The Kier molecular flexibility index (Phi) is 7.85. The number of benzene rings is 2. The third-order valence-corrected chi connectivity index (χ3v) is 10.2. The number of aromatic nitrogens is 4. The summed E-state index contributed by atoms with van der Waals surface area (Å²) in [6, 6.07) is 6.04. The van der Waals surface area contributed by atoms with Crippen LogP contribution in [0, 0.1) is 12.3 Å². The van der Waals surface area contributed by atoms with E-state index in [2.05, 4.69) is 38.1 Å². The second-order valence-electron chi connectivity index (χ2n) is 13.5. The van der Waals surface area contributed by atoms with Crippen molar-refractivity contribution in [3.63, 3.8) is 0 Å². The van der Waals surface area contributed by atoms with Crippen molar-refractivity contribution in [3.8, 4) is 16.9 Å². The fourth-order valence-electron chi connectivity index (χ4n) is 7.29. The average Bonchev–Trinajstić information content (AvgIpc) is 3.49. The summed E-state index contributed by atoms with van der Waals surface area (Å²) in [4.78, 5) is 30.4. The van der Waals surface area contributed by atoms with E-state index < -0.39 is 12.8 Å². The van der Waals surface area contributed by atoms with Crippen LogP contribution in [0.5, 0.6) is 5.75 Å². The number of nitrogens with zero attached hydrogens (tertiary/aromatic N) is 7. The molecule has 1 N–H and O–H groups in total. The van der Waals surface area contributed by atoms with Crippen LogP contribution in [0.3, 0.4) is 0 Å². The molecule has 1 amide bonds. The number of amides is 1. The van der Waals surface area contributed by atoms with Gasteiger partial charge in [-0.3, -0.25) is 9.89 Å². The van der Waals surface area contributed by atoms with E-state index in [1.807, 2.05) is 44.1 Å². The number of hydrogen-bond donors (Lipinski definition) is 1. The van der Waals surface area contributed by atoms with Gasteiger partial charge < -0.3 is 24.3 Å². The minimum atomic E-state index is -4.58. The van der Waals surface area contributed by atoms with Gasteiger partial charge in [0.25, 0.3) is 0 Å². The maximum absolute atomic E-state index is 13.9. The van der Waals surface area contributed by atoms with Crippen molar-refractivity contribution < 1.29 is 22.7 Å². The molecule has 2 aromatic carbocycles. The standard InChI is InChI=1S/C35H39F3N8O2/c1-6-22-14-24-30(31(48-20-35(36,37)38)29(22)28-21(3)8-9-26-25(28)15-39-42-26)40-33(45-16-23(17-45)43(4)5)41-32(24)44-12-10-34(11-13-44)18-46(19-34)27(47)7-2/h6-9,14-15,23H,1-2,10-13,16-20H2,3-5H3,(H,39,42). The minimum Gasteiger partial charge on any atom is -0.481 e. The van der Waals surface area contributed by atoms with Crippen LogP contribution in [0.25, 0.3) is 39.0 Å². The average molecular weight is 661 g/mol. The number of H-pyrrole nitrogens is 1. The van der Waals surface area contributed by atoms with Crippen molar-refractivity contribution in [1.82, 2.24) is 30.0 Å². The number of aryl methyl sites for hydroxylation is 1. The summed E-state index contributed by atoms with van der Waals surface area (Å²) >= 11 is 0. The van der Waals surface area contributed by atoms with E-state index in [-0.39, 0.29) is 17.1 Å². The van der Waals surface area contributed by atoms with Crippen LogP contribution in [0.1, 0.15) is 24.0 Å². The topological polar surface area (TPSA) is 93.7 Å². The summed E-state index contributed by atoms with van der Waals surface area (Å²) in [5, 5.41) is 8.55. The molecule has 0 radical (unpaired) electrons. The summed E-state index contributed by atoms with van der Waals surface area (Å²) in [6.07, 6.45) is 1.80. The highest BCUT2D eigenvalue weighted by Crippen LogP contribution is 2.48. The lowest BCUT2D eigenvalue weighted by Crippen LogP contribution is -2.61. The van der Waals surface area contributed by atoms with Gasteiger partial charge in [-0.15, -0.1) is 0 Å². The number of alkyl halides is 3. The number of aromatic amines is 1. The van der Waals surface area contributed by atoms with Gasteiger partial charge >= 0.3 is 6.18 Å². The maximum atomic E-state index is 13.9. The van der Waals surface area contributed by atoms with Gasteiger partial charge in [-0.05, 0) is 68.8 Å². The fourth-order valence-corrected chi connectivity index (χ4v) is 7.29. The van der Waals surface area contributed by atoms with Gasteiger partial charge in [-0.25, -0.2) is 4.98 Å². The van der Waals surface area contributed by atoms with Gasteiger partial charge in [0.05, 0.1) is 11.7 Å². The maximum Gasteiger partial charge on any atom is 0.422 e. The van der Waals surface area contributed by atoms with Crippen LogP contribution in [-0.4, -0.2) is 108 Å². The highest BCUT2D eigenvalue weighted by molar-refractivity contribution is 6.07. The third-order valence-electron chi connectivity index (χ3n) is 10.2. The number of carbonyl (C=O) groups excluding carboxylic acids is 1. The van der Waals surface area contributed by atoms with Crippen molar-refractivity contribution in [2.75, 3.05) is 69.8 Å². The first kappa shape index (κ1) is 31.9. The second kappa shape index (κ2) is 11.8.